The summed E-state index contributed by atoms with van der Waals surface area (Å²) >= 11 is 0. The highest BCUT2D eigenvalue weighted by atomic mass is 16.5. The molecule has 120 valence electrons. The standard InChI is InChI=1S/C13H22N2O6/c1-21-11-4-7(2-3-8(11)14)15-5-9(17)12(19)13(20)10(18)6-16/h2-4,9-10,12-13,15-20H,5-6,14H2,1H3. The number of methoxy groups -OCH3 is 1. The van der Waals surface area contributed by atoms with Gasteiger partial charge in [-0.25, -0.2) is 0 Å². The lowest BCUT2D eigenvalue weighted by Crippen LogP contribution is -2.47. The minimum absolute atomic E-state index is 0.0799. The molecule has 8 nitrogen and oxygen atoms in total. The number of hydrogen-bond donors (Lipinski definition) is 7. The molecule has 4 unspecified atom stereocenters. The van der Waals surface area contributed by atoms with Crippen LogP contribution in [-0.2, 0) is 0 Å². The van der Waals surface area contributed by atoms with Crippen LogP contribution in [0.25, 0.3) is 0 Å². The number of nitrogen functional groups attached to an aromatic ring is 1. The number of hydrogen-bond acceptors (Lipinski definition) is 8. The second-order valence-electron chi connectivity index (χ2n) is 4.64. The predicted molar refractivity (Wildman–Crippen MR) is 77.0 cm³/mol. The first-order chi connectivity index (χ1) is 9.90. The van der Waals surface area contributed by atoms with E-state index >= 15 is 0 Å². The fourth-order valence-electron chi connectivity index (χ4n) is 1.73. The molecule has 0 aliphatic heterocycles. The van der Waals surface area contributed by atoms with Gasteiger partial charge in [-0.1, -0.05) is 0 Å². The largest absolute Gasteiger partial charge is 0.495 e. The fourth-order valence-corrected chi connectivity index (χ4v) is 1.73. The van der Waals surface area contributed by atoms with Crippen molar-refractivity contribution in [3.8, 4) is 5.75 Å². The molecule has 4 atom stereocenters. The summed E-state index contributed by atoms with van der Waals surface area (Å²) in [7, 11) is 1.47. The van der Waals surface area contributed by atoms with Crippen molar-refractivity contribution in [3.05, 3.63) is 18.2 Å². The van der Waals surface area contributed by atoms with Crippen LogP contribution in [0.2, 0.25) is 0 Å². The normalized spacial score (nSPS) is 16.9. The van der Waals surface area contributed by atoms with Gasteiger partial charge in [0.2, 0.25) is 0 Å². The van der Waals surface area contributed by atoms with E-state index in [1.54, 1.807) is 18.2 Å². The average molecular weight is 302 g/mol. The highest BCUT2D eigenvalue weighted by molar-refractivity contribution is 5.61. The highest BCUT2D eigenvalue weighted by Crippen LogP contribution is 2.24. The van der Waals surface area contributed by atoms with Crippen LogP contribution in [0.5, 0.6) is 5.75 Å². The SMILES string of the molecule is COc1cc(NCC(O)C(O)C(O)C(O)CO)ccc1N. The molecular formula is C13H22N2O6. The van der Waals surface area contributed by atoms with Gasteiger partial charge in [-0.3, -0.25) is 0 Å². The van der Waals surface area contributed by atoms with Crippen molar-refractivity contribution >= 4 is 11.4 Å². The summed E-state index contributed by atoms with van der Waals surface area (Å²) in [5, 5.41) is 49.6. The van der Waals surface area contributed by atoms with E-state index in [-0.39, 0.29) is 6.54 Å². The van der Waals surface area contributed by atoms with Crippen LogP contribution in [0.4, 0.5) is 11.4 Å². The van der Waals surface area contributed by atoms with E-state index in [1.165, 1.54) is 7.11 Å². The molecule has 0 heterocycles. The third-order valence-corrected chi connectivity index (χ3v) is 3.07. The Kier molecular flexibility index (Phi) is 6.66. The lowest BCUT2D eigenvalue weighted by atomic mass is 10.0. The molecule has 21 heavy (non-hydrogen) atoms. The first-order valence-corrected chi connectivity index (χ1v) is 6.41. The minimum atomic E-state index is -1.65. The van der Waals surface area contributed by atoms with E-state index in [0.29, 0.717) is 17.1 Å². The predicted octanol–water partition coefficient (Wildman–Crippen LogP) is -1.87. The van der Waals surface area contributed by atoms with Gasteiger partial charge in [0.15, 0.2) is 0 Å². The lowest BCUT2D eigenvalue weighted by molar-refractivity contribution is -0.111. The molecule has 0 fully saturated rings. The van der Waals surface area contributed by atoms with Gasteiger partial charge in [0, 0.05) is 18.3 Å². The number of aliphatic hydroxyl groups is 5. The van der Waals surface area contributed by atoms with Crippen LogP contribution in [0, 0.1) is 0 Å². The topological polar surface area (TPSA) is 148 Å². The third kappa shape index (κ3) is 4.73. The molecule has 0 spiro atoms. The van der Waals surface area contributed by atoms with Gasteiger partial charge in [0.05, 0.1) is 25.5 Å². The number of benzene rings is 1. The van der Waals surface area contributed by atoms with Crippen molar-refractivity contribution < 1.29 is 30.3 Å². The van der Waals surface area contributed by atoms with Crippen molar-refractivity contribution in [2.75, 3.05) is 31.3 Å². The fraction of sp³-hybridized carbons (Fsp3) is 0.538. The average Bonchev–Trinajstić information content (AvgIpc) is 2.51. The number of ether oxygens (including phenoxy) is 1. The van der Waals surface area contributed by atoms with Crippen molar-refractivity contribution in [3.63, 3.8) is 0 Å². The Bertz CT molecular complexity index is 445. The van der Waals surface area contributed by atoms with Crippen LogP contribution >= 0.6 is 0 Å². The maximum Gasteiger partial charge on any atom is 0.143 e. The number of rotatable bonds is 8. The molecule has 0 saturated heterocycles. The summed E-state index contributed by atoms with van der Waals surface area (Å²) in [4.78, 5) is 0. The maximum atomic E-state index is 9.75. The Balaban J connectivity index is 2.58. The van der Waals surface area contributed by atoms with Crippen molar-refractivity contribution in [2.45, 2.75) is 24.4 Å². The zero-order chi connectivity index (χ0) is 16.0. The summed E-state index contributed by atoms with van der Waals surface area (Å²) in [5.41, 5.74) is 6.73. The zero-order valence-corrected chi connectivity index (χ0v) is 11.7. The summed E-state index contributed by atoms with van der Waals surface area (Å²) in [6.45, 7) is -0.795. The monoisotopic (exact) mass is 302 g/mol. The van der Waals surface area contributed by atoms with Crippen molar-refractivity contribution in [2.24, 2.45) is 0 Å². The number of nitrogens with two attached hydrogens (primary N) is 1. The number of nitrogens with one attached hydrogen (secondary N) is 1. The summed E-state index contributed by atoms with van der Waals surface area (Å²) in [6.07, 6.45) is -6.11. The molecule has 1 aromatic carbocycles. The van der Waals surface area contributed by atoms with E-state index in [0.717, 1.165) is 0 Å². The smallest absolute Gasteiger partial charge is 0.143 e. The molecule has 0 amide bonds. The van der Waals surface area contributed by atoms with Gasteiger partial charge in [-0.05, 0) is 12.1 Å². The first kappa shape index (κ1) is 17.5. The Morgan fingerprint density at radius 3 is 2.33 bits per heavy atom. The summed E-state index contributed by atoms with van der Waals surface area (Å²) < 4.78 is 5.05. The highest BCUT2D eigenvalue weighted by Gasteiger charge is 2.29. The molecule has 0 aromatic heterocycles. The Morgan fingerprint density at radius 2 is 1.76 bits per heavy atom. The van der Waals surface area contributed by atoms with E-state index in [2.05, 4.69) is 5.32 Å². The van der Waals surface area contributed by atoms with Crippen LogP contribution < -0.4 is 15.8 Å². The minimum Gasteiger partial charge on any atom is -0.495 e. The van der Waals surface area contributed by atoms with Crippen LogP contribution in [0.3, 0.4) is 0 Å². The molecule has 8 N–H and O–H groups in total. The molecule has 0 aliphatic carbocycles. The van der Waals surface area contributed by atoms with Crippen LogP contribution in [-0.4, -0.2) is 70.2 Å². The molecular weight excluding hydrogens is 280 g/mol. The second kappa shape index (κ2) is 8.01. The van der Waals surface area contributed by atoms with Gasteiger partial charge in [-0.2, -0.15) is 0 Å². The molecule has 1 rings (SSSR count). The number of anilines is 2. The Morgan fingerprint density at radius 1 is 1.14 bits per heavy atom. The van der Waals surface area contributed by atoms with E-state index in [4.69, 9.17) is 15.6 Å². The van der Waals surface area contributed by atoms with E-state index in [1.807, 2.05) is 0 Å². The van der Waals surface area contributed by atoms with E-state index < -0.39 is 31.0 Å². The van der Waals surface area contributed by atoms with Gasteiger partial charge in [-0.15, -0.1) is 0 Å². The van der Waals surface area contributed by atoms with Crippen molar-refractivity contribution in [1.82, 2.24) is 0 Å². The third-order valence-electron chi connectivity index (χ3n) is 3.07. The quantitative estimate of drug-likeness (QED) is 0.276. The van der Waals surface area contributed by atoms with Crippen LogP contribution in [0.15, 0.2) is 18.2 Å². The summed E-state index contributed by atoms with van der Waals surface area (Å²) in [5.74, 6) is 0.464. The summed E-state index contributed by atoms with van der Waals surface area (Å²) in [6, 6.07) is 4.90. The zero-order valence-electron chi connectivity index (χ0n) is 11.7. The van der Waals surface area contributed by atoms with Crippen molar-refractivity contribution in [1.29, 1.82) is 0 Å². The second-order valence-corrected chi connectivity index (χ2v) is 4.64. The molecule has 0 aliphatic rings. The van der Waals surface area contributed by atoms with Gasteiger partial charge in [0.1, 0.15) is 24.1 Å². The molecule has 0 bridgehead atoms. The molecule has 0 saturated carbocycles. The lowest BCUT2D eigenvalue weighted by Gasteiger charge is -2.26. The number of aliphatic hydroxyl groups excluding tert-OH is 5. The van der Waals surface area contributed by atoms with Gasteiger partial charge in [0.25, 0.3) is 0 Å². The van der Waals surface area contributed by atoms with Crippen LogP contribution in [0.1, 0.15) is 0 Å². The van der Waals surface area contributed by atoms with Gasteiger partial charge < -0.3 is 41.3 Å². The first-order valence-electron chi connectivity index (χ1n) is 6.41. The Labute approximate surface area is 122 Å². The van der Waals surface area contributed by atoms with Gasteiger partial charge >= 0.3 is 0 Å². The Hall–Kier alpha value is -1.58. The molecule has 1 aromatic rings. The maximum absolute atomic E-state index is 9.75. The molecule has 0 radical (unpaired) electrons. The molecule has 8 heteroatoms. The van der Waals surface area contributed by atoms with E-state index in [9.17, 15) is 20.4 Å².